The Bertz CT molecular complexity index is 366. The van der Waals surface area contributed by atoms with Crippen LogP contribution < -0.4 is 0 Å². The first-order chi connectivity index (χ1) is 9.19. The lowest BCUT2D eigenvalue weighted by Gasteiger charge is -2.29. The minimum absolute atomic E-state index is 0.331. The first-order valence-electron chi connectivity index (χ1n) is 7.27. The molecular formula is C16H24O3. The van der Waals surface area contributed by atoms with E-state index in [0.717, 1.165) is 32.1 Å². The normalized spacial score (nSPS) is 25.2. The van der Waals surface area contributed by atoms with Gasteiger partial charge in [0.15, 0.2) is 6.29 Å². The second-order valence-electron chi connectivity index (χ2n) is 5.45. The van der Waals surface area contributed by atoms with Gasteiger partial charge in [0.25, 0.3) is 0 Å². The summed E-state index contributed by atoms with van der Waals surface area (Å²) in [6, 6.07) is 7.57. The molecule has 0 aromatic heterocycles. The summed E-state index contributed by atoms with van der Waals surface area (Å²) in [6.07, 6.45) is 4.78. The van der Waals surface area contributed by atoms with Crippen molar-refractivity contribution in [3.8, 4) is 5.75 Å². The standard InChI is InChI=1S/C16H24O3/c1-2-19-16(18)11-12-3-5-13(6-4-12)14-7-9-15(17)10-8-14/h7-10,12-13,16-18H,2-6,11H2,1H3. The molecule has 1 aliphatic rings. The number of rotatable bonds is 5. The van der Waals surface area contributed by atoms with E-state index in [0.29, 0.717) is 24.2 Å². The van der Waals surface area contributed by atoms with E-state index in [1.807, 2.05) is 19.1 Å². The van der Waals surface area contributed by atoms with E-state index >= 15 is 0 Å². The second-order valence-corrected chi connectivity index (χ2v) is 5.45. The molecule has 1 fully saturated rings. The highest BCUT2D eigenvalue weighted by Crippen LogP contribution is 2.37. The Morgan fingerprint density at radius 3 is 2.37 bits per heavy atom. The predicted molar refractivity (Wildman–Crippen MR) is 75.1 cm³/mol. The van der Waals surface area contributed by atoms with Gasteiger partial charge in [-0.05, 0) is 62.1 Å². The largest absolute Gasteiger partial charge is 0.508 e. The Labute approximate surface area is 115 Å². The molecule has 1 aromatic rings. The molecule has 3 nitrogen and oxygen atoms in total. The molecule has 0 saturated heterocycles. The minimum atomic E-state index is -0.597. The van der Waals surface area contributed by atoms with Crippen LogP contribution in [0.15, 0.2) is 24.3 Å². The SMILES string of the molecule is CCOC(O)CC1CCC(c2ccc(O)cc2)CC1. The van der Waals surface area contributed by atoms with Gasteiger partial charge in [-0.15, -0.1) is 0 Å². The van der Waals surface area contributed by atoms with Gasteiger partial charge in [0.2, 0.25) is 0 Å². The highest BCUT2D eigenvalue weighted by molar-refractivity contribution is 5.28. The highest BCUT2D eigenvalue weighted by Gasteiger charge is 2.24. The predicted octanol–water partition coefficient (Wildman–Crippen LogP) is 3.41. The zero-order valence-electron chi connectivity index (χ0n) is 11.6. The van der Waals surface area contributed by atoms with E-state index in [1.54, 1.807) is 12.1 Å². The number of phenols is 1. The fourth-order valence-corrected chi connectivity index (χ4v) is 3.02. The molecule has 2 N–H and O–H groups in total. The van der Waals surface area contributed by atoms with Gasteiger partial charge in [0.05, 0.1) is 0 Å². The fourth-order valence-electron chi connectivity index (χ4n) is 3.02. The van der Waals surface area contributed by atoms with Gasteiger partial charge in [0.1, 0.15) is 5.75 Å². The second kappa shape index (κ2) is 6.92. The maximum Gasteiger partial charge on any atom is 0.154 e. The van der Waals surface area contributed by atoms with Gasteiger partial charge >= 0.3 is 0 Å². The van der Waals surface area contributed by atoms with Crippen LogP contribution in [0.25, 0.3) is 0 Å². The lowest BCUT2D eigenvalue weighted by molar-refractivity contribution is -0.109. The number of aliphatic hydroxyl groups excluding tert-OH is 1. The molecule has 0 heterocycles. The Morgan fingerprint density at radius 1 is 1.16 bits per heavy atom. The van der Waals surface area contributed by atoms with Crippen LogP contribution in [0.4, 0.5) is 0 Å². The molecule has 1 unspecified atom stereocenters. The smallest absolute Gasteiger partial charge is 0.154 e. The zero-order valence-corrected chi connectivity index (χ0v) is 11.6. The molecule has 106 valence electrons. The van der Waals surface area contributed by atoms with Gasteiger partial charge in [-0.1, -0.05) is 12.1 Å². The van der Waals surface area contributed by atoms with E-state index in [1.165, 1.54) is 5.56 Å². The summed E-state index contributed by atoms with van der Waals surface area (Å²) in [7, 11) is 0. The summed E-state index contributed by atoms with van der Waals surface area (Å²) in [5.74, 6) is 1.51. The van der Waals surface area contributed by atoms with Crippen LogP contribution in [0.3, 0.4) is 0 Å². The molecule has 1 saturated carbocycles. The molecular weight excluding hydrogens is 240 g/mol. The van der Waals surface area contributed by atoms with Gasteiger partial charge in [-0.25, -0.2) is 0 Å². The monoisotopic (exact) mass is 264 g/mol. The van der Waals surface area contributed by atoms with Crippen LogP contribution in [-0.2, 0) is 4.74 Å². The van der Waals surface area contributed by atoms with Gasteiger partial charge in [-0.3, -0.25) is 0 Å². The fraction of sp³-hybridized carbons (Fsp3) is 0.625. The van der Waals surface area contributed by atoms with Crippen molar-refractivity contribution in [3.05, 3.63) is 29.8 Å². The van der Waals surface area contributed by atoms with Crippen molar-refractivity contribution in [2.24, 2.45) is 5.92 Å². The van der Waals surface area contributed by atoms with E-state index < -0.39 is 6.29 Å². The molecule has 0 spiro atoms. The first kappa shape index (κ1) is 14.4. The summed E-state index contributed by atoms with van der Waals surface area (Å²) in [6.45, 7) is 2.48. The molecule has 0 aliphatic heterocycles. The topological polar surface area (TPSA) is 49.7 Å². The molecule has 2 rings (SSSR count). The lowest BCUT2D eigenvalue weighted by Crippen LogP contribution is -2.21. The van der Waals surface area contributed by atoms with Crippen LogP contribution >= 0.6 is 0 Å². The summed E-state index contributed by atoms with van der Waals surface area (Å²) in [5.41, 5.74) is 1.32. The number of aliphatic hydroxyl groups is 1. The van der Waals surface area contributed by atoms with Crippen molar-refractivity contribution in [3.63, 3.8) is 0 Å². The molecule has 1 aliphatic carbocycles. The number of phenolic OH excluding ortho intramolecular Hbond substituents is 1. The summed E-state index contributed by atoms with van der Waals surface area (Å²) < 4.78 is 5.20. The van der Waals surface area contributed by atoms with Crippen molar-refractivity contribution in [1.29, 1.82) is 0 Å². The Hall–Kier alpha value is -1.06. The maximum absolute atomic E-state index is 9.66. The Kier molecular flexibility index (Phi) is 5.23. The van der Waals surface area contributed by atoms with Crippen molar-refractivity contribution in [1.82, 2.24) is 0 Å². The van der Waals surface area contributed by atoms with Crippen molar-refractivity contribution < 1.29 is 14.9 Å². The highest BCUT2D eigenvalue weighted by atomic mass is 16.6. The van der Waals surface area contributed by atoms with Crippen LogP contribution in [0.1, 0.15) is 50.5 Å². The van der Waals surface area contributed by atoms with Gasteiger partial charge in [-0.2, -0.15) is 0 Å². The summed E-state index contributed by atoms with van der Waals surface area (Å²) in [4.78, 5) is 0. The average molecular weight is 264 g/mol. The van der Waals surface area contributed by atoms with Crippen molar-refractivity contribution in [2.45, 2.75) is 51.2 Å². The quantitative estimate of drug-likeness (QED) is 0.801. The van der Waals surface area contributed by atoms with Crippen LogP contribution in [-0.4, -0.2) is 23.1 Å². The molecule has 3 heteroatoms. The third kappa shape index (κ3) is 4.22. The number of benzene rings is 1. The number of aromatic hydroxyl groups is 1. The molecule has 1 aromatic carbocycles. The van der Waals surface area contributed by atoms with Gasteiger partial charge in [0, 0.05) is 13.0 Å². The van der Waals surface area contributed by atoms with E-state index in [2.05, 4.69) is 0 Å². The summed E-state index contributed by atoms with van der Waals surface area (Å²) in [5, 5.41) is 19.0. The molecule has 19 heavy (non-hydrogen) atoms. The average Bonchev–Trinajstić information content (AvgIpc) is 2.41. The van der Waals surface area contributed by atoms with Crippen molar-refractivity contribution >= 4 is 0 Å². The van der Waals surface area contributed by atoms with E-state index in [4.69, 9.17) is 4.74 Å². The van der Waals surface area contributed by atoms with Crippen molar-refractivity contribution in [2.75, 3.05) is 6.61 Å². The van der Waals surface area contributed by atoms with Crippen LogP contribution in [0, 0.1) is 5.92 Å². The zero-order chi connectivity index (χ0) is 13.7. The maximum atomic E-state index is 9.66. The van der Waals surface area contributed by atoms with E-state index in [9.17, 15) is 10.2 Å². The van der Waals surface area contributed by atoms with Gasteiger partial charge < -0.3 is 14.9 Å². The molecule has 1 atom stereocenters. The van der Waals surface area contributed by atoms with Crippen LogP contribution in [0.5, 0.6) is 5.75 Å². The molecule has 0 radical (unpaired) electrons. The number of ether oxygens (including phenoxy) is 1. The van der Waals surface area contributed by atoms with E-state index in [-0.39, 0.29) is 0 Å². The Morgan fingerprint density at radius 2 is 1.79 bits per heavy atom. The number of hydrogen-bond donors (Lipinski definition) is 2. The molecule has 0 amide bonds. The lowest BCUT2D eigenvalue weighted by atomic mass is 9.77. The minimum Gasteiger partial charge on any atom is -0.508 e. The first-order valence-corrected chi connectivity index (χ1v) is 7.27. The number of hydrogen-bond acceptors (Lipinski definition) is 3. The summed E-state index contributed by atoms with van der Waals surface area (Å²) >= 11 is 0. The third-order valence-electron chi connectivity index (χ3n) is 4.11. The molecule has 0 bridgehead atoms. The van der Waals surface area contributed by atoms with Crippen LogP contribution in [0.2, 0.25) is 0 Å². The third-order valence-corrected chi connectivity index (χ3v) is 4.11. The Balaban J connectivity index is 1.80.